The second kappa shape index (κ2) is 4.32. The Morgan fingerprint density at radius 3 is 2.07 bits per heavy atom. The van der Waals surface area contributed by atoms with E-state index in [4.69, 9.17) is 4.74 Å². The lowest BCUT2D eigenvalue weighted by atomic mass is 9.87. The summed E-state index contributed by atoms with van der Waals surface area (Å²) in [6.07, 6.45) is 3.56. The monoisotopic (exact) mass is 190 g/mol. The van der Waals surface area contributed by atoms with Crippen molar-refractivity contribution in [2.24, 2.45) is 0 Å². The third-order valence-corrected chi connectivity index (χ3v) is 2.06. The molecule has 0 atom stereocenters. The average molecular weight is 190 g/mol. The topological polar surface area (TPSA) is 9.23 Å². The lowest BCUT2D eigenvalue weighted by Gasteiger charge is -2.18. The molecule has 0 heterocycles. The Morgan fingerprint density at radius 2 is 1.64 bits per heavy atom. The van der Waals surface area contributed by atoms with Gasteiger partial charge in [-0.15, -0.1) is 0 Å². The van der Waals surface area contributed by atoms with Crippen LogP contribution in [0.5, 0.6) is 5.75 Å². The molecule has 0 bridgehead atoms. The van der Waals surface area contributed by atoms with Gasteiger partial charge in [0.1, 0.15) is 5.75 Å². The minimum atomic E-state index is 0.207. The maximum atomic E-state index is 5.34. The Balaban J connectivity index is 2.79. The van der Waals surface area contributed by atoms with Crippen LogP contribution in [0, 0.1) is 0 Å². The molecule has 0 aromatic heterocycles. The molecule has 1 heteroatoms. The van der Waals surface area contributed by atoms with Crippen molar-refractivity contribution in [3.8, 4) is 5.75 Å². The fourth-order valence-corrected chi connectivity index (χ4v) is 1.18. The van der Waals surface area contributed by atoms with Gasteiger partial charge in [0.25, 0.3) is 0 Å². The van der Waals surface area contributed by atoms with Gasteiger partial charge in [-0.3, -0.25) is 0 Å². The Kier molecular flexibility index (Phi) is 3.34. The first kappa shape index (κ1) is 10.8. The summed E-state index contributed by atoms with van der Waals surface area (Å²) in [6.45, 7) is 8.54. The first-order valence-electron chi connectivity index (χ1n) is 4.92. The largest absolute Gasteiger partial charge is 0.465 e. The summed E-state index contributed by atoms with van der Waals surface area (Å²) >= 11 is 0. The van der Waals surface area contributed by atoms with E-state index < -0.39 is 0 Å². The summed E-state index contributed by atoms with van der Waals surface area (Å²) in [5, 5.41) is 0. The molecule has 0 radical (unpaired) electrons. The second-order valence-electron chi connectivity index (χ2n) is 4.36. The van der Waals surface area contributed by atoms with Crippen LogP contribution in [0.25, 0.3) is 0 Å². The number of rotatable bonds is 2. The first-order chi connectivity index (χ1) is 6.54. The molecule has 0 aliphatic carbocycles. The summed E-state index contributed by atoms with van der Waals surface area (Å²) in [4.78, 5) is 0. The van der Waals surface area contributed by atoms with E-state index in [1.165, 1.54) is 5.56 Å². The molecule has 1 nitrogen and oxygen atoms in total. The molecule has 14 heavy (non-hydrogen) atoms. The van der Waals surface area contributed by atoms with Crippen molar-refractivity contribution in [2.45, 2.75) is 33.1 Å². The minimum absolute atomic E-state index is 0.207. The van der Waals surface area contributed by atoms with E-state index in [2.05, 4.69) is 32.9 Å². The van der Waals surface area contributed by atoms with Crippen LogP contribution in [0.4, 0.5) is 0 Å². The zero-order valence-corrected chi connectivity index (χ0v) is 9.37. The fourth-order valence-electron chi connectivity index (χ4n) is 1.18. The van der Waals surface area contributed by atoms with Gasteiger partial charge in [0.2, 0.25) is 0 Å². The van der Waals surface area contributed by atoms with Gasteiger partial charge in [0, 0.05) is 0 Å². The molecule has 0 saturated heterocycles. The molecule has 1 aromatic rings. The van der Waals surface area contributed by atoms with E-state index in [1.54, 1.807) is 6.26 Å². The highest BCUT2D eigenvalue weighted by Crippen LogP contribution is 2.24. The zero-order chi connectivity index (χ0) is 10.6. The van der Waals surface area contributed by atoms with Crippen molar-refractivity contribution in [3.63, 3.8) is 0 Å². The van der Waals surface area contributed by atoms with Crippen LogP contribution >= 0.6 is 0 Å². The molecule has 0 saturated carbocycles. The standard InChI is InChI=1S/C13H18O/c1-5-10-14-12-8-6-11(7-9-12)13(2,3)4/h5-10H,1-4H3/b10-5-. The van der Waals surface area contributed by atoms with Crippen molar-refractivity contribution >= 4 is 0 Å². The highest BCUT2D eigenvalue weighted by Gasteiger charge is 2.12. The predicted molar refractivity (Wildman–Crippen MR) is 60.6 cm³/mol. The molecule has 0 aliphatic heterocycles. The van der Waals surface area contributed by atoms with E-state index in [-0.39, 0.29) is 5.41 Å². The van der Waals surface area contributed by atoms with Gasteiger partial charge in [-0.2, -0.15) is 0 Å². The summed E-state index contributed by atoms with van der Waals surface area (Å²) in [5.74, 6) is 0.885. The number of allylic oxidation sites excluding steroid dienone is 1. The average Bonchev–Trinajstić information content (AvgIpc) is 2.14. The molecule has 0 spiro atoms. The second-order valence-corrected chi connectivity index (χ2v) is 4.36. The van der Waals surface area contributed by atoms with Gasteiger partial charge < -0.3 is 4.74 Å². The third kappa shape index (κ3) is 2.91. The van der Waals surface area contributed by atoms with Gasteiger partial charge in [-0.25, -0.2) is 0 Å². The Labute approximate surface area is 86.4 Å². The molecule has 76 valence electrons. The van der Waals surface area contributed by atoms with E-state index in [9.17, 15) is 0 Å². The van der Waals surface area contributed by atoms with Crippen LogP contribution < -0.4 is 4.74 Å². The smallest absolute Gasteiger partial charge is 0.126 e. The Hall–Kier alpha value is -1.24. The molecule has 1 aromatic carbocycles. The molecule has 0 N–H and O–H groups in total. The summed E-state index contributed by atoms with van der Waals surface area (Å²) in [5.41, 5.74) is 1.53. The van der Waals surface area contributed by atoms with Gasteiger partial charge in [0.15, 0.2) is 0 Å². The lowest BCUT2D eigenvalue weighted by Crippen LogP contribution is -2.10. The van der Waals surface area contributed by atoms with E-state index in [1.807, 2.05) is 25.1 Å². The molecule has 1 rings (SSSR count). The summed E-state index contributed by atoms with van der Waals surface area (Å²) in [6, 6.07) is 8.22. The van der Waals surface area contributed by atoms with Crippen LogP contribution in [0.1, 0.15) is 33.3 Å². The molecule has 0 unspecified atom stereocenters. The lowest BCUT2D eigenvalue weighted by molar-refractivity contribution is 0.479. The molecule has 0 aliphatic rings. The number of hydrogen-bond acceptors (Lipinski definition) is 1. The van der Waals surface area contributed by atoms with Crippen molar-refractivity contribution in [1.29, 1.82) is 0 Å². The van der Waals surface area contributed by atoms with E-state index >= 15 is 0 Å². The van der Waals surface area contributed by atoms with Crippen LogP contribution in [-0.2, 0) is 5.41 Å². The van der Waals surface area contributed by atoms with Crippen molar-refractivity contribution in [1.82, 2.24) is 0 Å². The maximum absolute atomic E-state index is 5.34. The highest BCUT2D eigenvalue weighted by molar-refractivity contribution is 5.31. The first-order valence-corrected chi connectivity index (χ1v) is 4.92. The maximum Gasteiger partial charge on any atom is 0.126 e. The van der Waals surface area contributed by atoms with Crippen LogP contribution in [0.2, 0.25) is 0 Å². The van der Waals surface area contributed by atoms with Gasteiger partial charge in [-0.05, 0) is 30.0 Å². The fraction of sp³-hybridized carbons (Fsp3) is 0.385. The molecule has 0 amide bonds. The SMILES string of the molecule is C/C=C\Oc1ccc(C(C)(C)C)cc1. The number of hydrogen-bond donors (Lipinski definition) is 0. The van der Waals surface area contributed by atoms with E-state index in [0.29, 0.717) is 0 Å². The minimum Gasteiger partial charge on any atom is -0.465 e. The Morgan fingerprint density at radius 1 is 1.07 bits per heavy atom. The van der Waals surface area contributed by atoms with Crippen LogP contribution in [0.15, 0.2) is 36.6 Å². The predicted octanol–water partition coefficient (Wildman–Crippen LogP) is 3.90. The van der Waals surface area contributed by atoms with Crippen LogP contribution in [-0.4, -0.2) is 0 Å². The quantitative estimate of drug-likeness (QED) is 0.643. The zero-order valence-electron chi connectivity index (χ0n) is 9.37. The molecular weight excluding hydrogens is 172 g/mol. The summed E-state index contributed by atoms with van der Waals surface area (Å²) in [7, 11) is 0. The Bertz CT molecular complexity index is 301. The molecular formula is C13H18O. The van der Waals surface area contributed by atoms with Crippen molar-refractivity contribution in [2.75, 3.05) is 0 Å². The highest BCUT2D eigenvalue weighted by atomic mass is 16.5. The normalized spacial score (nSPS) is 12.0. The number of ether oxygens (including phenoxy) is 1. The van der Waals surface area contributed by atoms with Gasteiger partial charge >= 0.3 is 0 Å². The number of benzene rings is 1. The van der Waals surface area contributed by atoms with Crippen LogP contribution in [0.3, 0.4) is 0 Å². The molecule has 0 fully saturated rings. The van der Waals surface area contributed by atoms with Gasteiger partial charge in [-0.1, -0.05) is 39.0 Å². The third-order valence-electron chi connectivity index (χ3n) is 2.06. The van der Waals surface area contributed by atoms with Crippen molar-refractivity contribution in [3.05, 3.63) is 42.2 Å². The van der Waals surface area contributed by atoms with E-state index in [0.717, 1.165) is 5.75 Å². The van der Waals surface area contributed by atoms with Gasteiger partial charge in [0.05, 0.1) is 6.26 Å². The van der Waals surface area contributed by atoms with Crippen molar-refractivity contribution < 1.29 is 4.74 Å². The summed E-state index contributed by atoms with van der Waals surface area (Å²) < 4.78 is 5.34.